The van der Waals surface area contributed by atoms with Gasteiger partial charge in [0.25, 0.3) is 5.91 Å². The fraction of sp³-hybridized carbons (Fsp3) is 0.381. The van der Waals surface area contributed by atoms with Crippen molar-refractivity contribution in [3.05, 3.63) is 53.6 Å². The third-order valence-electron chi connectivity index (χ3n) is 5.10. The van der Waals surface area contributed by atoms with E-state index in [9.17, 15) is 9.90 Å². The van der Waals surface area contributed by atoms with Crippen LogP contribution in [0.2, 0.25) is 0 Å². The number of carbonyl (C=O) groups excluding carboxylic acids is 1. The molecular weight excluding hydrogens is 394 g/mol. The van der Waals surface area contributed by atoms with Gasteiger partial charge in [0.15, 0.2) is 0 Å². The zero-order valence-electron chi connectivity index (χ0n) is 16.7. The van der Waals surface area contributed by atoms with E-state index in [1.165, 1.54) is 7.11 Å². The minimum absolute atomic E-state index is 0. The number of ether oxygens (including phenoxy) is 2. The molecule has 29 heavy (non-hydrogen) atoms. The van der Waals surface area contributed by atoms with E-state index in [2.05, 4.69) is 15.9 Å². The van der Waals surface area contributed by atoms with Crippen molar-refractivity contribution < 1.29 is 19.4 Å². The SMILES string of the molecule is COc1ccc(C(O)CN2CCN(c3ccccc3OC)CC2)cc1C(N)=O.Cl. The quantitative estimate of drug-likeness (QED) is 0.711. The van der Waals surface area contributed by atoms with E-state index < -0.39 is 12.0 Å². The van der Waals surface area contributed by atoms with Crippen LogP contribution in [0, 0.1) is 0 Å². The minimum atomic E-state index is -0.707. The zero-order valence-corrected chi connectivity index (χ0v) is 17.5. The predicted molar refractivity (Wildman–Crippen MR) is 115 cm³/mol. The predicted octanol–water partition coefficient (Wildman–Crippen LogP) is 2.08. The van der Waals surface area contributed by atoms with Gasteiger partial charge in [-0.3, -0.25) is 9.69 Å². The molecule has 0 radical (unpaired) electrons. The fourth-order valence-electron chi connectivity index (χ4n) is 3.54. The van der Waals surface area contributed by atoms with Crippen molar-refractivity contribution in [3.8, 4) is 11.5 Å². The first-order valence-electron chi connectivity index (χ1n) is 9.29. The van der Waals surface area contributed by atoms with Crippen LogP contribution in [-0.4, -0.2) is 62.9 Å². The second-order valence-electron chi connectivity index (χ2n) is 6.80. The highest BCUT2D eigenvalue weighted by Crippen LogP contribution is 2.29. The smallest absolute Gasteiger partial charge is 0.252 e. The number of piperazine rings is 1. The Bertz CT molecular complexity index is 825. The van der Waals surface area contributed by atoms with E-state index in [1.807, 2.05) is 18.2 Å². The Morgan fingerprint density at radius 1 is 1.07 bits per heavy atom. The van der Waals surface area contributed by atoms with E-state index in [0.717, 1.165) is 37.6 Å². The van der Waals surface area contributed by atoms with Crippen LogP contribution >= 0.6 is 12.4 Å². The highest BCUT2D eigenvalue weighted by Gasteiger charge is 2.22. The number of amides is 1. The number of aliphatic hydroxyl groups is 1. The van der Waals surface area contributed by atoms with Crippen LogP contribution in [0.25, 0.3) is 0 Å². The summed E-state index contributed by atoms with van der Waals surface area (Å²) in [6.45, 7) is 3.84. The monoisotopic (exact) mass is 421 g/mol. The molecule has 0 spiro atoms. The van der Waals surface area contributed by atoms with Crippen molar-refractivity contribution >= 4 is 24.0 Å². The Morgan fingerprint density at radius 3 is 2.34 bits per heavy atom. The Labute approximate surface area is 177 Å². The van der Waals surface area contributed by atoms with Gasteiger partial charge in [0.2, 0.25) is 0 Å². The summed E-state index contributed by atoms with van der Waals surface area (Å²) in [5.41, 5.74) is 7.43. The molecule has 0 bridgehead atoms. The van der Waals surface area contributed by atoms with Crippen molar-refractivity contribution in [3.63, 3.8) is 0 Å². The van der Waals surface area contributed by atoms with Crippen molar-refractivity contribution in [2.24, 2.45) is 5.73 Å². The molecule has 1 aliphatic heterocycles. The van der Waals surface area contributed by atoms with E-state index in [4.69, 9.17) is 15.2 Å². The van der Waals surface area contributed by atoms with Gasteiger partial charge >= 0.3 is 0 Å². The molecule has 0 saturated carbocycles. The number of aliphatic hydroxyl groups excluding tert-OH is 1. The number of rotatable bonds is 7. The molecule has 1 fully saturated rings. The van der Waals surface area contributed by atoms with Gasteiger partial charge in [-0.1, -0.05) is 18.2 Å². The standard InChI is InChI=1S/C21H27N3O4.ClH/c1-27-19-8-7-15(13-16(19)21(22)26)18(25)14-23-9-11-24(12-10-23)17-5-3-4-6-20(17)28-2;/h3-8,13,18,25H,9-12,14H2,1-2H3,(H2,22,26);1H. The maximum atomic E-state index is 11.6. The second kappa shape index (κ2) is 10.3. The maximum Gasteiger partial charge on any atom is 0.252 e. The lowest BCUT2D eigenvalue weighted by Gasteiger charge is -2.37. The number of para-hydroxylation sites is 2. The van der Waals surface area contributed by atoms with Crippen LogP contribution in [0.15, 0.2) is 42.5 Å². The van der Waals surface area contributed by atoms with Gasteiger partial charge in [-0.25, -0.2) is 0 Å². The average molecular weight is 422 g/mol. The van der Waals surface area contributed by atoms with Crippen molar-refractivity contribution in [1.82, 2.24) is 4.90 Å². The van der Waals surface area contributed by atoms with Crippen molar-refractivity contribution in [2.45, 2.75) is 6.10 Å². The molecule has 1 atom stereocenters. The molecule has 8 heteroatoms. The highest BCUT2D eigenvalue weighted by molar-refractivity contribution is 5.95. The van der Waals surface area contributed by atoms with Crippen LogP contribution < -0.4 is 20.1 Å². The molecule has 0 aliphatic carbocycles. The van der Waals surface area contributed by atoms with Crippen molar-refractivity contribution in [2.75, 3.05) is 51.8 Å². The molecule has 0 aromatic heterocycles. The molecule has 1 saturated heterocycles. The number of anilines is 1. The molecule has 1 heterocycles. The first-order valence-corrected chi connectivity index (χ1v) is 9.29. The number of β-amino-alcohol motifs (C(OH)–C–C–N with tert-alkyl or cyclic N) is 1. The molecule has 158 valence electrons. The summed E-state index contributed by atoms with van der Waals surface area (Å²) < 4.78 is 10.6. The van der Waals surface area contributed by atoms with Crippen LogP contribution in [0.1, 0.15) is 22.0 Å². The normalized spacial score (nSPS) is 15.3. The average Bonchev–Trinajstić information content (AvgIpc) is 2.73. The summed E-state index contributed by atoms with van der Waals surface area (Å²) in [6.07, 6.45) is -0.707. The topological polar surface area (TPSA) is 88.3 Å². The van der Waals surface area contributed by atoms with Gasteiger partial charge in [0.1, 0.15) is 11.5 Å². The number of hydrogen-bond acceptors (Lipinski definition) is 6. The summed E-state index contributed by atoms with van der Waals surface area (Å²) in [6, 6.07) is 13.0. The third kappa shape index (κ3) is 5.32. The van der Waals surface area contributed by atoms with Gasteiger partial charge in [-0.2, -0.15) is 0 Å². The number of methoxy groups -OCH3 is 2. The lowest BCUT2D eigenvalue weighted by molar-refractivity contribution is 0.0995. The van der Waals surface area contributed by atoms with E-state index in [0.29, 0.717) is 17.9 Å². The lowest BCUT2D eigenvalue weighted by atomic mass is 10.0. The van der Waals surface area contributed by atoms with Gasteiger partial charge in [0.05, 0.1) is 31.6 Å². The summed E-state index contributed by atoms with van der Waals surface area (Å²) in [5, 5.41) is 10.6. The largest absolute Gasteiger partial charge is 0.496 e. The van der Waals surface area contributed by atoms with E-state index in [-0.39, 0.29) is 18.0 Å². The van der Waals surface area contributed by atoms with Crippen LogP contribution in [0.4, 0.5) is 5.69 Å². The Hall–Kier alpha value is -2.48. The van der Waals surface area contributed by atoms with E-state index >= 15 is 0 Å². The molecule has 1 aliphatic rings. The zero-order chi connectivity index (χ0) is 20.1. The number of hydrogen-bond donors (Lipinski definition) is 2. The number of halogens is 1. The molecule has 1 unspecified atom stereocenters. The van der Waals surface area contributed by atoms with Crippen LogP contribution in [0.5, 0.6) is 11.5 Å². The lowest BCUT2D eigenvalue weighted by Crippen LogP contribution is -2.47. The van der Waals surface area contributed by atoms with Gasteiger partial charge in [-0.15, -0.1) is 12.4 Å². The first kappa shape index (κ1) is 22.8. The maximum absolute atomic E-state index is 11.6. The number of benzene rings is 2. The van der Waals surface area contributed by atoms with E-state index in [1.54, 1.807) is 25.3 Å². The first-order chi connectivity index (χ1) is 13.5. The molecule has 2 aromatic rings. The fourth-order valence-corrected chi connectivity index (χ4v) is 3.54. The summed E-state index contributed by atoms with van der Waals surface area (Å²) in [4.78, 5) is 16.1. The summed E-state index contributed by atoms with van der Waals surface area (Å²) in [7, 11) is 3.17. The molecular formula is C21H28ClN3O4. The number of nitrogens with two attached hydrogens (primary N) is 1. The van der Waals surface area contributed by atoms with Crippen LogP contribution in [-0.2, 0) is 0 Å². The van der Waals surface area contributed by atoms with Crippen LogP contribution in [0.3, 0.4) is 0 Å². The number of nitrogens with zero attached hydrogens (tertiary/aromatic N) is 2. The summed E-state index contributed by atoms with van der Waals surface area (Å²) in [5.74, 6) is 0.707. The summed E-state index contributed by atoms with van der Waals surface area (Å²) >= 11 is 0. The third-order valence-corrected chi connectivity index (χ3v) is 5.10. The molecule has 3 rings (SSSR count). The molecule has 3 N–H and O–H groups in total. The molecule has 7 nitrogen and oxygen atoms in total. The minimum Gasteiger partial charge on any atom is -0.496 e. The Kier molecular flexibility index (Phi) is 8.13. The second-order valence-corrected chi connectivity index (χ2v) is 6.80. The number of primary amides is 1. The van der Waals surface area contributed by atoms with Gasteiger partial charge < -0.3 is 25.2 Å². The number of carbonyl (C=O) groups is 1. The van der Waals surface area contributed by atoms with Gasteiger partial charge in [0, 0.05) is 32.7 Å². The highest BCUT2D eigenvalue weighted by atomic mass is 35.5. The Morgan fingerprint density at radius 2 is 1.72 bits per heavy atom. The van der Waals surface area contributed by atoms with Crippen molar-refractivity contribution in [1.29, 1.82) is 0 Å². The Balaban J connectivity index is 0.00000300. The molecule has 2 aromatic carbocycles. The van der Waals surface area contributed by atoms with Gasteiger partial charge in [-0.05, 0) is 29.8 Å². The molecule has 1 amide bonds.